The van der Waals surface area contributed by atoms with Crippen LogP contribution in [0.4, 0.5) is 22.4 Å². The topological polar surface area (TPSA) is 111 Å². The number of halogens is 4. The number of hydrogen-bond acceptors (Lipinski definition) is 7. The fraction of sp³-hybridized carbons (Fsp3) is 0.864. The molecule has 0 aromatic heterocycles. The Morgan fingerprint density at radius 1 is 0.941 bits per heavy atom. The van der Waals surface area contributed by atoms with Gasteiger partial charge in [-0.3, -0.25) is 9.59 Å². The summed E-state index contributed by atoms with van der Waals surface area (Å²) in [4.78, 5) is 34.5. The number of alkyl carbamates (subject to hydrolysis) is 1. The predicted molar refractivity (Wildman–Crippen MR) is 112 cm³/mol. The molecule has 2 aliphatic rings. The van der Waals surface area contributed by atoms with Crippen LogP contribution in [-0.4, -0.2) is 66.4 Å². The second kappa shape index (κ2) is 10.7. The Bertz CT molecular complexity index is 751. The van der Waals surface area contributed by atoms with Crippen molar-refractivity contribution in [2.75, 3.05) is 13.7 Å². The Labute approximate surface area is 196 Å². The van der Waals surface area contributed by atoms with Gasteiger partial charge in [-0.1, -0.05) is 0 Å². The number of aliphatic hydroxyl groups excluding tert-OH is 1. The van der Waals surface area contributed by atoms with Gasteiger partial charge >= 0.3 is 18.0 Å². The molecule has 0 aliphatic heterocycles. The van der Waals surface area contributed by atoms with Gasteiger partial charge in [-0.25, -0.2) is 22.4 Å². The molecular formula is C22H35F4NO7. The molecule has 2 rings (SSSR count). The Morgan fingerprint density at radius 3 is 1.76 bits per heavy atom. The smallest absolute Gasteiger partial charge is 0.408 e. The maximum Gasteiger partial charge on any atom is 0.408 e. The normalized spacial score (nSPS) is 27.9. The fourth-order valence-corrected chi connectivity index (χ4v) is 3.55. The van der Waals surface area contributed by atoms with Crippen LogP contribution >= 0.6 is 0 Å². The number of carbonyl (C=O) groups excluding carboxylic acids is 3. The molecule has 0 heterocycles. The summed E-state index contributed by atoms with van der Waals surface area (Å²) in [7, 11) is 1.13. The fourth-order valence-electron chi connectivity index (χ4n) is 3.55. The number of alkyl halides is 4. The molecule has 4 atom stereocenters. The summed E-state index contributed by atoms with van der Waals surface area (Å²) in [5.74, 6) is -3.52. The number of esters is 2. The van der Waals surface area contributed by atoms with Gasteiger partial charge in [0.2, 0.25) is 12.9 Å². The lowest BCUT2D eigenvalue weighted by atomic mass is 9.99. The van der Waals surface area contributed by atoms with E-state index in [-0.39, 0.29) is 19.3 Å². The van der Waals surface area contributed by atoms with Crippen LogP contribution in [0.2, 0.25) is 0 Å². The summed E-state index contributed by atoms with van der Waals surface area (Å²) < 4.78 is 64.5. The lowest BCUT2D eigenvalue weighted by Crippen LogP contribution is -2.45. The molecule has 2 aliphatic carbocycles. The number of nitrogens with one attached hydrogen (secondary N) is 1. The van der Waals surface area contributed by atoms with E-state index in [1.807, 2.05) is 0 Å². The molecule has 0 aromatic rings. The van der Waals surface area contributed by atoms with Crippen molar-refractivity contribution in [2.24, 2.45) is 17.3 Å². The molecule has 0 radical (unpaired) electrons. The zero-order chi connectivity index (χ0) is 26.7. The van der Waals surface area contributed by atoms with E-state index < -0.39 is 71.5 Å². The molecule has 8 nitrogen and oxygen atoms in total. The molecule has 12 heteroatoms. The number of carbonyl (C=O) groups is 3. The first-order valence-corrected chi connectivity index (χ1v) is 10.8. The van der Waals surface area contributed by atoms with Gasteiger partial charge in [0, 0.05) is 11.8 Å². The first-order valence-electron chi connectivity index (χ1n) is 10.8. The third-order valence-electron chi connectivity index (χ3n) is 5.38. The van der Waals surface area contributed by atoms with E-state index >= 15 is 0 Å². The van der Waals surface area contributed by atoms with Crippen LogP contribution in [0, 0.1) is 17.3 Å². The molecule has 2 fully saturated rings. The highest BCUT2D eigenvalue weighted by Gasteiger charge is 2.66. The van der Waals surface area contributed by atoms with Crippen molar-refractivity contribution >= 4 is 18.0 Å². The van der Waals surface area contributed by atoms with Gasteiger partial charge in [-0.15, -0.1) is 0 Å². The lowest BCUT2D eigenvalue weighted by Gasteiger charge is -2.23. The van der Waals surface area contributed by atoms with Crippen molar-refractivity contribution in [1.82, 2.24) is 5.32 Å². The summed E-state index contributed by atoms with van der Waals surface area (Å²) in [6, 6.07) is 0. The van der Waals surface area contributed by atoms with E-state index in [9.17, 15) is 31.9 Å². The average Bonchev–Trinajstić information content (AvgIpc) is 3.53. The van der Waals surface area contributed by atoms with Gasteiger partial charge in [0.25, 0.3) is 0 Å². The predicted octanol–water partition coefficient (Wildman–Crippen LogP) is 3.69. The zero-order valence-corrected chi connectivity index (χ0v) is 20.5. The third kappa shape index (κ3) is 8.28. The number of amides is 1. The van der Waals surface area contributed by atoms with Gasteiger partial charge in [0.05, 0.1) is 31.1 Å². The SMILES string of the molecule is CC(C)(C)OC(=O)N[C@@]1(CO)C[C@H]1C(F)F.COC(=O)C1(CC(=O)OC(C)(C)C)CC1C(F)F. The van der Waals surface area contributed by atoms with Gasteiger partial charge in [-0.05, 0) is 54.4 Å². The number of ether oxygens (including phenoxy) is 3. The van der Waals surface area contributed by atoms with Crippen molar-refractivity contribution in [2.45, 2.75) is 90.4 Å². The zero-order valence-electron chi connectivity index (χ0n) is 20.5. The van der Waals surface area contributed by atoms with Crippen molar-refractivity contribution in [3.63, 3.8) is 0 Å². The first kappa shape index (κ1) is 29.9. The van der Waals surface area contributed by atoms with Gasteiger partial charge in [0.1, 0.15) is 11.2 Å². The van der Waals surface area contributed by atoms with E-state index in [0.29, 0.717) is 0 Å². The molecule has 2 unspecified atom stereocenters. The van der Waals surface area contributed by atoms with E-state index in [2.05, 4.69) is 10.1 Å². The largest absolute Gasteiger partial charge is 0.469 e. The molecule has 0 spiro atoms. The lowest BCUT2D eigenvalue weighted by molar-refractivity contribution is -0.163. The molecule has 0 saturated heterocycles. The molecule has 2 N–H and O–H groups in total. The van der Waals surface area contributed by atoms with Crippen molar-refractivity contribution in [3.8, 4) is 0 Å². The standard InChI is InChI=1S/C12H18F2O4.C10H17F2NO3/c1-11(2,3)18-8(15)6-12(10(16)17-4)5-7(12)9(13)14;1-9(2,3)16-8(15)13-10(5-14)4-6(10)7(11)12/h7,9H,5-6H2,1-4H3;6-7,14H,4-5H2,1-3H3,(H,13,15)/t;6-,10+/m.0/s1. The second-order valence-corrected chi connectivity index (χ2v) is 10.6. The Kier molecular flexibility index (Phi) is 9.38. The van der Waals surface area contributed by atoms with Crippen molar-refractivity contribution in [3.05, 3.63) is 0 Å². The van der Waals surface area contributed by atoms with Gasteiger partial charge in [0.15, 0.2) is 0 Å². The van der Waals surface area contributed by atoms with Crippen molar-refractivity contribution in [1.29, 1.82) is 0 Å². The van der Waals surface area contributed by atoms with Gasteiger partial charge in [-0.2, -0.15) is 0 Å². The maximum absolute atomic E-state index is 12.6. The number of aliphatic hydroxyl groups is 1. The van der Waals surface area contributed by atoms with Gasteiger partial charge < -0.3 is 24.6 Å². The van der Waals surface area contributed by atoms with Crippen LogP contribution in [0.25, 0.3) is 0 Å². The van der Waals surface area contributed by atoms with Crippen LogP contribution in [0.5, 0.6) is 0 Å². The highest BCUT2D eigenvalue weighted by atomic mass is 19.3. The second-order valence-electron chi connectivity index (χ2n) is 10.6. The van der Waals surface area contributed by atoms with Crippen LogP contribution in [0.1, 0.15) is 60.8 Å². The summed E-state index contributed by atoms with van der Waals surface area (Å²) in [6.45, 7) is 9.55. The minimum absolute atomic E-state index is 0.0312. The van der Waals surface area contributed by atoms with Crippen molar-refractivity contribution < 1.29 is 51.3 Å². The quantitative estimate of drug-likeness (QED) is 0.311. The number of rotatable bonds is 7. The summed E-state index contributed by atoms with van der Waals surface area (Å²) >= 11 is 0. The minimum Gasteiger partial charge on any atom is -0.469 e. The van der Waals surface area contributed by atoms with Crippen LogP contribution in [0.15, 0.2) is 0 Å². The Balaban J connectivity index is 0.000000342. The number of methoxy groups -OCH3 is 1. The molecular weight excluding hydrogens is 466 g/mol. The van der Waals surface area contributed by atoms with E-state index in [1.165, 1.54) is 0 Å². The Hall–Kier alpha value is -2.11. The maximum atomic E-state index is 12.6. The molecule has 34 heavy (non-hydrogen) atoms. The highest BCUT2D eigenvalue weighted by molar-refractivity contribution is 5.86. The average molecular weight is 502 g/mol. The van der Waals surface area contributed by atoms with E-state index in [1.54, 1.807) is 41.5 Å². The molecule has 2 saturated carbocycles. The molecule has 198 valence electrons. The molecule has 0 aromatic carbocycles. The Morgan fingerprint density at radius 2 is 1.44 bits per heavy atom. The third-order valence-corrected chi connectivity index (χ3v) is 5.38. The summed E-state index contributed by atoms with van der Waals surface area (Å²) in [5, 5.41) is 11.3. The van der Waals surface area contributed by atoms with Crippen LogP contribution in [0.3, 0.4) is 0 Å². The monoisotopic (exact) mass is 501 g/mol. The summed E-state index contributed by atoms with van der Waals surface area (Å²) in [6.07, 6.45) is -6.25. The molecule has 1 amide bonds. The van der Waals surface area contributed by atoms with E-state index in [0.717, 1.165) is 7.11 Å². The number of hydrogen-bond donors (Lipinski definition) is 2. The summed E-state index contributed by atoms with van der Waals surface area (Å²) in [5.41, 5.74) is -3.98. The van der Waals surface area contributed by atoms with E-state index in [4.69, 9.17) is 14.6 Å². The highest BCUT2D eigenvalue weighted by Crippen LogP contribution is 2.59. The van der Waals surface area contributed by atoms with Crippen LogP contribution < -0.4 is 5.32 Å². The van der Waals surface area contributed by atoms with Crippen LogP contribution in [-0.2, 0) is 23.8 Å². The molecule has 0 bridgehead atoms. The minimum atomic E-state index is -2.63. The first-order chi connectivity index (χ1) is 15.3.